The first-order chi connectivity index (χ1) is 6.73. The highest BCUT2D eigenvalue weighted by Gasteiger charge is 2.41. The lowest BCUT2D eigenvalue weighted by atomic mass is 9.98. The van der Waals surface area contributed by atoms with E-state index in [9.17, 15) is 15.0 Å². The van der Waals surface area contributed by atoms with Crippen LogP contribution in [0.4, 0.5) is 4.79 Å². The summed E-state index contributed by atoms with van der Waals surface area (Å²) in [6.07, 6.45) is 0.0116. The summed E-state index contributed by atoms with van der Waals surface area (Å²) in [5.41, 5.74) is -0.408. The molecule has 3 atom stereocenters. The van der Waals surface area contributed by atoms with E-state index in [0.29, 0.717) is 12.8 Å². The highest BCUT2D eigenvalue weighted by atomic mass is 16.4. The number of rotatable bonds is 1. The molecule has 0 bridgehead atoms. The molecule has 0 unspecified atom stereocenters. The first-order valence-electron chi connectivity index (χ1n) is 5.44. The summed E-state index contributed by atoms with van der Waals surface area (Å²) in [5, 5.41) is 18.8. The van der Waals surface area contributed by atoms with E-state index < -0.39 is 11.6 Å². The zero-order valence-electron chi connectivity index (χ0n) is 9.90. The zero-order chi connectivity index (χ0) is 11.8. The summed E-state index contributed by atoms with van der Waals surface area (Å²) in [6, 6.07) is -0.0579. The number of aliphatic hydroxyl groups is 1. The van der Waals surface area contributed by atoms with E-state index in [1.54, 1.807) is 0 Å². The van der Waals surface area contributed by atoms with Gasteiger partial charge in [0.1, 0.15) is 0 Å². The van der Waals surface area contributed by atoms with Crippen LogP contribution in [0.2, 0.25) is 0 Å². The molecule has 0 spiro atoms. The maximum absolute atomic E-state index is 11.2. The van der Waals surface area contributed by atoms with Gasteiger partial charge in [-0.15, -0.1) is 0 Å². The number of hydrogen-bond donors (Lipinski definition) is 2. The molecule has 15 heavy (non-hydrogen) atoms. The number of carbonyl (C=O) groups is 1. The Morgan fingerprint density at radius 3 is 2.13 bits per heavy atom. The standard InChI is InChI=1S/C11H21NO3/c1-7-5-8(13)6-9(7)12(10(14)15)11(2,3)4/h7-9,13H,5-6H2,1-4H3,(H,14,15)/t7-,8-,9-/m0/s1. The van der Waals surface area contributed by atoms with E-state index in [2.05, 4.69) is 0 Å². The van der Waals surface area contributed by atoms with Gasteiger partial charge in [-0.1, -0.05) is 6.92 Å². The van der Waals surface area contributed by atoms with Crippen LogP contribution in [0.1, 0.15) is 40.5 Å². The van der Waals surface area contributed by atoms with Gasteiger partial charge in [0.15, 0.2) is 0 Å². The molecule has 88 valence electrons. The minimum Gasteiger partial charge on any atom is -0.465 e. The van der Waals surface area contributed by atoms with Crippen LogP contribution in [-0.4, -0.2) is 38.9 Å². The highest BCUT2D eigenvalue weighted by molar-refractivity contribution is 5.66. The van der Waals surface area contributed by atoms with Gasteiger partial charge in [-0.05, 0) is 39.5 Å². The third-order valence-corrected chi connectivity index (χ3v) is 3.07. The quantitative estimate of drug-likeness (QED) is 0.702. The summed E-state index contributed by atoms with van der Waals surface area (Å²) < 4.78 is 0. The molecule has 4 heteroatoms. The predicted octanol–water partition coefficient (Wildman–Crippen LogP) is 1.92. The fourth-order valence-electron chi connectivity index (χ4n) is 2.48. The van der Waals surface area contributed by atoms with Gasteiger partial charge in [0.05, 0.1) is 6.10 Å². The topological polar surface area (TPSA) is 60.8 Å². The van der Waals surface area contributed by atoms with E-state index in [-0.39, 0.29) is 18.1 Å². The summed E-state index contributed by atoms with van der Waals surface area (Å²) in [4.78, 5) is 12.7. The predicted molar refractivity (Wildman–Crippen MR) is 57.8 cm³/mol. The number of hydrogen-bond acceptors (Lipinski definition) is 2. The molecule has 1 aliphatic rings. The van der Waals surface area contributed by atoms with E-state index in [4.69, 9.17) is 0 Å². The molecular weight excluding hydrogens is 194 g/mol. The van der Waals surface area contributed by atoms with Gasteiger partial charge in [0, 0.05) is 11.6 Å². The fraction of sp³-hybridized carbons (Fsp3) is 0.909. The number of nitrogens with zero attached hydrogens (tertiary/aromatic N) is 1. The number of aliphatic hydroxyl groups excluding tert-OH is 1. The summed E-state index contributed by atoms with van der Waals surface area (Å²) in [6.45, 7) is 7.66. The van der Waals surface area contributed by atoms with Crippen LogP contribution in [0.25, 0.3) is 0 Å². The lowest BCUT2D eigenvalue weighted by Crippen LogP contribution is -2.52. The maximum atomic E-state index is 11.2. The van der Waals surface area contributed by atoms with Crippen LogP contribution in [0.3, 0.4) is 0 Å². The van der Waals surface area contributed by atoms with Gasteiger partial charge < -0.3 is 15.1 Å². The minimum atomic E-state index is -0.895. The second kappa shape index (κ2) is 4.00. The molecule has 1 rings (SSSR count). The van der Waals surface area contributed by atoms with Crippen molar-refractivity contribution in [2.24, 2.45) is 5.92 Å². The SMILES string of the molecule is C[C@H]1C[C@H](O)C[C@@H]1N(C(=O)O)C(C)(C)C. The van der Waals surface area contributed by atoms with Gasteiger partial charge in [-0.25, -0.2) is 4.79 Å². The first-order valence-corrected chi connectivity index (χ1v) is 5.44. The second-order valence-corrected chi connectivity index (χ2v) is 5.49. The van der Waals surface area contributed by atoms with Crippen LogP contribution in [-0.2, 0) is 0 Å². The normalized spacial score (nSPS) is 31.7. The van der Waals surface area contributed by atoms with Crippen molar-refractivity contribution in [3.05, 3.63) is 0 Å². The van der Waals surface area contributed by atoms with Crippen LogP contribution in [0.15, 0.2) is 0 Å². The van der Waals surface area contributed by atoms with Crippen LogP contribution in [0.5, 0.6) is 0 Å². The van der Waals surface area contributed by atoms with Gasteiger partial charge in [-0.2, -0.15) is 0 Å². The summed E-state index contributed by atoms with van der Waals surface area (Å²) >= 11 is 0. The van der Waals surface area contributed by atoms with Crippen molar-refractivity contribution in [3.8, 4) is 0 Å². The van der Waals surface area contributed by atoms with Crippen LogP contribution < -0.4 is 0 Å². The number of carboxylic acid groups (broad SMARTS) is 1. The van der Waals surface area contributed by atoms with Gasteiger partial charge in [-0.3, -0.25) is 0 Å². The Balaban J connectivity index is 2.86. The molecule has 0 aromatic heterocycles. The molecule has 1 aliphatic carbocycles. The average molecular weight is 215 g/mol. The lowest BCUT2D eigenvalue weighted by molar-refractivity contribution is 0.0563. The maximum Gasteiger partial charge on any atom is 0.407 e. The molecular formula is C11H21NO3. The van der Waals surface area contributed by atoms with E-state index in [0.717, 1.165) is 0 Å². The third kappa shape index (κ3) is 2.62. The smallest absolute Gasteiger partial charge is 0.407 e. The molecule has 0 saturated heterocycles. The zero-order valence-corrected chi connectivity index (χ0v) is 9.90. The fourth-order valence-corrected chi connectivity index (χ4v) is 2.48. The van der Waals surface area contributed by atoms with Gasteiger partial charge in [0.25, 0.3) is 0 Å². The summed E-state index contributed by atoms with van der Waals surface area (Å²) in [5.74, 6) is 0.232. The van der Waals surface area contributed by atoms with Gasteiger partial charge >= 0.3 is 6.09 Å². The van der Waals surface area contributed by atoms with E-state index >= 15 is 0 Å². The molecule has 1 amide bonds. The molecule has 0 heterocycles. The molecule has 2 N–H and O–H groups in total. The molecule has 0 aliphatic heterocycles. The molecule has 0 aromatic rings. The van der Waals surface area contributed by atoms with Crippen molar-refractivity contribution >= 4 is 6.09 Å². The Hall–Kier alpha value is -0.770. The largest absolute Gasteiger partial charge is 0.465 e. The Morgan fingerprint density at radius 2 is 1.87 bits per heavy atom. The Bertz CT molecular complexity index is 247. The Kier molecular flexibility index (Phi) is 3.28. The first kappa shape index (κ1) is 12.3. The van der Waals surface area contributed by atoms with Crippen molar-refractivity contribution in [1.82, 2.24) is 4.90 Å². The van der Waals surface area contributed by atoms with Crippen molar-refractivity contribution < 1.29 is 15.0 Å². The van der Waals surface area contributed by atoms with Crippen molar-refractivity contribution in [2.75, 3.05) is 0 Å². The lowest BCUT2D eigenvalue weighted by Gasteiger charge is -2.39. The van der Waals surface area contributed by atoms with Crippen molar-refractivity contribution in [3.63, 3.8) is 0 Å². The average Bonchev–Trinajstić information content (AvgIpc) is 2.26. The van der Waals surface area contributed by atoms with Crippen molar-refractivity contribution in [2.45, 2.75) is 58.2 Å². The van der Waals surface area contributed by atoms with Crippen molar-refractivity contribution in [1.29, 1.82) is 0 Å². The Morgan fingerprint density at radius 1 is 1.33 bits per heavy atom. The third-order valence-electron chi connectivity index (χ3n) is 3.07. The van der Waals surface area contributed by atoms with Crippen LogP contribution >= 0.6 is 0 Å². The molecule has 1 saturated carbocycles. The van der Waals surface area contributed by atoms with E-state index in [1.807, 2.05) is 27.7 Å². The second-order valence-electron chi connectivity index (χ2n) is 5.49. The van der Waals surface area contributed by atoms with E-state index in [1.165, 1.54) is 4.90 Å². The summed E-state index contributed by atoms with van der Waals surface area (Å²) in [7, 11) is 0. The number of amides is 1. The van der Waals surface area contributed by atoms with Crippen LogP contribution in [0, 0.1) is 5.92 Å². The Labute approximate surface area is 90.9 Å². The minimum absolute atomic E-state index is 0.0579. The molecule has 0 radical (unpaired) electrons. The highest BCUT2D eigenvalue weighted by Crippen LogP contribution is 2.33. The molecule has 1 fully saturated rings. The molecule has 0 aromatic carbocycles. The van der Waals surface area contributed by atoms with Gasteiger partial charge in [0.2, 0.25) is 0 Å². The monoisotopic (exact) mass is 215 g/mol. The molecule has 4 nitrogen and oxygen atoms in total.